The molecule has 1 aromatic carbocycles. The summed E-state index contributed by atoms with van der Waals surface area (Å²) in [7, 11) is -3.51. The molecule has 8 heteroatoms. The van der Waals surface area contributed by atoms with Crippen molar-refractivity contribution in [3.63, 3.8) is 0 Å². The van der Waals surface area contributed by atoms with Crippen LogP contribution in [0.3, 0.4) is 0 Å². The predicted octanol–water partition coefficient (Wildman–Crippen LogP) is 3.06. The van der Waals surface area contributed by atoms with Crippen molar-refractivity contribution in [2.75, 3.05) is 19.7 Å². The van der Waals surface area contributed by atoms with Gasteiger partial charge in [-0.1, -0.05) is 26.0 Å². The molecule has 0 spiro atoms. The topological polar surface area (TPSA) is 84.0 Å². The van der Waals surface area contributed by atoms with Crippen molar-refractivity contribution < 1.29 is 22.7 Å². The van der Waals surface area contributed by atoms with Crippen LogP contribution in [0.25, 0.3) is 6.08 Å². The molecule has 2 atom stereocenters. The summed E-state index contributed by atoms with van der Waals surface area (Å²) >= 11 is 0. The molecule has 0 unspecified atom stereocenters. The number of ether oxygens (including phenoxy) is 1. The number of benzene rings is 1. The highest BCUT2D eigenvalue weighted by atomic mass is 32.2. The third kappa shape index (κ3) is 5.92. The molecular formula is C22H32N2O5S. The molecule has 30 heavy (non-hydrogen) atoms. The Balaban J connectivity index is 1.93. The maximum absolute atomic E-state index is 12.5. The Morgan fingerprint density at radius 1 is 1.10 bits per heavy atom. The first kappa shape index (κ1) is 24.1. The molecule has 1 heterocycles. The zero-order chi connectivity index (χ0) is 22.3. The highest BCUT2D eigenvalue weighted by Crippen LogP contribution is 2.22. The van der Waals surface area contributed by atoms with Crippen molar-refractivity contribution in [2.45, 2.75) is 63.9 Å². The van der Waals surface area contributed by atoms with Crippen LogP contribution in [0.2, 0.25) is 0 Å². The van der Waals surface area contributed by atoms with Crippen LogP contribution in [0.1, 0.15) is 52.5 Å². The van der Waals surface area contributed by atoms with Gasteiger partial charge in [-0.3, -0.25) is 4.79 Å². The van der Waals surface area contributed by atoms with Crippen LogP contribution >= 0.6 is 0 Å². The third-order valence-corrected chi connectivity index (χ3v) is 7.52. The van der Waals surface area contributed by atoms with Gasteiger partial charge in [0.2, 0.25) is 10.0 Å². The molecule has 1 aliphatic rings. The number of hydrogen-bond acceptors (Lipinski definition) is 5. The normalized spacial score (nSPS) is 20.0. The van der Waals surface area contributed by atoms with E-state index in [1.54, 1.807) is 30.9 Å². The lowest BCUT2D eigenvalue weighted by Gasteiger charge is -2.38. The van der Waals surface area contributed by atoms with Gasteiger partial charge in [0.25, 0.3) is 5.91 Å². The molecule has 0 N–H and O–H groups in total. The molecular weight excluding hydrogens is 404 g/mol. The molecule has 166 valence electrons. The van der Waals surface area contributed by atoms with Crippen molar-refractivity contribution in [1.82, 2.24) is 9.21 Å². The SMILES string of the molecule is CCN(CC)S(=O)(=O)c1ccc(/C=C/C(=O)OCC(=O)N2[C@@H](C)CCC[C@@H]2C)cc1. The summed E-state index contributed by atoms with van der Waals surface area (Å²) in [5.74, 6) is -0.789. The lowest BCUT2D eigenvalue weighted by molar-refractivity contribution is -0.151. The molecule has 0 aromatic heterocycles. The molecule has 0 radical (unpaired) electrons. The van der Waals surface area contributed by atoms with Gasteiger partial charge >= 0.3 is 5.97 Å². The number of piperidine rings is 1. The van der Waals surface area contributed by atoms with Gasteiger partial charge in [0.05, 0.1) is 4.90 Å². The number of likely N-dealkylation sites (tertiary alicyclic amines) is 1. The van der Waals surface area contributed by atoms with Crippen LogP contribution in [0.4, 0.5) is 0 Å². The van der Waals surface area contributed by atoms with E-state index in [1.807, 2.05) is 13.8 Å². The fraction of sp³-hybridized carbons (Fsp3) is 0.545. The van der Waals surface area contributed by atoms with Crippen LogP contribution in [0.5, 0.6) is 0 Å². The highest BCUT2D eigenvalue weighted by molar-refractivity contribution is 7.89. The van der Waals surface area contributed by atoms with Crippen molar-refractivity contribution in [1.29, 1.82) is 0 Å². The quantitative estimate of drug-likeness (QED) is 0.462. The summed E-state index contributed by atoms with van der Waals surface area (Å²) in [5.41, 5.74) is 0.662. The Labute approximate surface area is 179 Å². The first-order valence-corrected chi connectivity index (χ1v) is 11.9. The summed E-state index contributed by atoms with van der Waals surface area (Å²) in [5, 5.41) is 0. The fourth-order valence-electron chi connectivity index (χ4n) is 3.80. The Hall–Kier alpha value is -2.19. The van der Waals surface area contributed by atoms with E-state index in [1.165, 1.54) is 28.6 Å². The van der Waals surface area contributed by atoms with Crippen LogP contribution in [0.15, 0.2) is 35.2 Å². The maximum Gasteiger partial charge on any atom is 0.331 e. The van der Waals surface area contributed by atoms with E-state index in [0.717, 1.165) is 19.3 Å². The molecule has 1 aromatic rings. The summed E-state index contributed by atoms with van der Waals surface area (Å²) < 4.78 is 31.5. The molecule has 0 bridgehead atoms. The zero-order valence-corrected chi connectivity index (χ0v) is 19.0. The Kier molecular flexibility index (Phi) is 8.61. The monoisotopic (exact) mass is 436 g/mol. The van der Waals surface area contributed by atoms with Gasteiger partial charge in [-0.25, -0.2) is 13.2 Å². The summed E-state index contributed by atoms with van der Waals surface area (Å²) in [6.45, 7) is 8.14. The second-order valence-corrected chi connectivity index (χ2v) is 9.47. The summed E-state index contributed by atoms with van der Waals surface area (Å²) in [6.07, 6.45) is 5.80. The molecule has 7 nitrogen and oxygen atoms in total. The highest BCUT2D eigenvalue weighted by Gasteiger charge is 2.29. The number of carbonyl (C=O) groups excluding carboxylic acids is 2. The second kappa shape index (κ2) is 10.7. The van der Waals surface area contributed by atoms with Gasteiger partial charge < -0.3 is 9.64 Å². The number of sulfonamides is 1. The summed E-state index contributed by atoms with van der Waals surface area (Å²) in [4.78, 5) is 26.4. The minimum Gasteiger partial charge on any atom is -0.452 e. The van der Waals surface area contributed by atoms with Crippen LogP contribution in [0, 0.1) is 0 Å². The molecule has 1 aliphatic heterocycles. The molecule has 1 amide bonds. The second-order valence-electron chi connectivity index (χ2n) is 7.53. The smallest absolute Gasteiger partial charge is 0.331 e. The minimum absolute atomic E-state index is 0.154. The molecule has 0 saturated carbocycles. The van der Waals surface area contributed by atoms with Crippen LogP contribution < -0.4 is 0 Å². The number of nitrogens with zero attached hydrogens (tertiary/aromatic N) is 2. The molecule has 1 saturated heterocycles. The molecule has 0 aliphatic carbocycles. The lowest BCUT2D eigenvalue weighted by atomic mass is 9.97. The Bertz CT molecular complexity index is 850. The van der Waals surface area contributed by atoms with Crippen molar-refractivity contribution in [3.8, 4) is 0 Å². The van der Waals surface area contributed by atoms with E-state index in [4.69, 9.17) is 4.74 Å². The number of hydrogen-bond donors (Lipinski definition) is 0. The Morgan fingerprint density at radius 3 is 2.20 bits per heavy atom. The van der Waals surface area contributed by atoms with Crippen LogP contribution in [-0.2, 0) is 24.3 Å². The van der Waals surface area contributed by atoms with Crippen molar-refractivity contribution >= 4 is 28.0 Å². The zero-order valence-electron chi connectivity index (χ0n) is 18.2. The van der Waals surface area contributed by atoms with E-state index in [0.29, 0.717) is 18.7 Å². The van der Waals surface area contributed by atoms with Gasteiger partial charge in [0.15, 0.2) is 6.61 Å². The maximum atomic E-state index is 12.5. The lowest BCUT2D eigenvalue weighted by Crippen LogP contribution is -2.49. The number of amides is 1. The van der Waals surface area contributed by atoms with Gasteiger partial charge in [0, 0.05) is 31.2 Å². The average molecular weight is 437 g/mol. The molecule has 2 rings (SSSR count). The Morgan fingerprint density at radius 2 is 1.67 bits per heavy atom. The third-order valence-electron chi connectivity index (χ3n) is 5.45. The van der Waals surface area contributed by atoms with Gasteiger partial charge in [-0.2, -0.15) is 4.31 Å². The van der Waals surface area contributed by atoms with Gasteiger partial charge in [0.1, 0.15) is 0 Å². The van der Waals surface area contributed by atoms with Crippen LogP contribution in [-0.4, -0.2) is 61.3 Å². The molecule has 1 fully saturated rings. The van der Waals surface area contributed by atoms with E-state index in [2.05, 4.69) is 0 Å². The van der Waals surface area contributed by atoms with E-state index in [-0.39, 0.29) is 29.5 Å². The number of rotatable bonds is 8. The van der Waals surface area contributed by atoms with Crippen molar-refractivity contribution in [2.24, 2.45) is 0 Å². The number of esters is 1. The summed E-state index contributed by atoms with van der Waals surface area (Å²) in [6, 6.07) is 6.59. The average Bonchev–Trinajstić information content (AvgIpc) is 2.71. The van der Waals surface area contributed by atoms with E-state index < -0.39 is 16.0 Å². The van der Waals surface area contributed by atoms with Gasteiger partial charge in [-0.15, -0.1) is 0 Å². The van der Waals surface area contributed by atoms with E-state index >= 15 is 0 Å². The first-order valence-electron chi connectivity index (χ1n) is 10.5. The standard InChI is InChI=1S/C22H32N2O5S/c1-5-23(6-2)30(27,28)20-13-10-19(11-14-20)12-15-22(26)29-16-21(25)24-17(3)8-7-9-18(24)4/h10-15,17-18H,5-9,16H2,1-4H3/b15-12+/t17-,18-/m0/s1. The number of carbonyl (C=O) groups is 2. The fourth-order valence-corrected chi connectivity index (χ4v) is 5.25. The van der Waals surface area contributed by atoms with E-state index in [9.17, 15) is 18.0 Å². The van der Waals surface area contributed by atoms with Crippen molar-refractivity contribution in [3.05, 3.63) is 35.9 Å². The minimum atomic E-state index is -3.51. The largest absolute Gasteiger partial charge is 0.452 e. The van der Waals surface area contributed by atoms with Gasteiger partial charge in [-0.05, 0) is 56.9 Å². The predicted molar refractivity (Wildman–Crippen MR) is 116 cm³/mol. The first-order chi connectivity index (χ1) is 14.2.